The van der Waals surface area contributed by atoms with Gasteiger partial charge in [0.2, 0.25) is 0 Å². The second-order valence-corrected chi connectivity index (χ2v) is 8.76. The number of carbonyl (C=O) groups is 1. The molecule has 1 aliphatic heterocycles. The summed E-state index contributed by atoms with van der Waals surface area (Å²) in [5, 5.41) is 9.12. The second-order valence-electron chi connectivity index (χ2n) is 8.76. The first-order valence-corrected chi connectivity index (χ1v) is 11.4. The summed E-state index contributed by atoms with van der Waals surface area (Å²) in [6.45, 7) is 0. The number of rotatable bonds is 5. The van der Waals surface area contributed by atoms with E-state index in [0.29, 0.717) is 5.76 Å². The van der Waals surface area contributed by atoms with E-state index in [1.165, 1.54) is 0 Å². The first-order valence-electron chi connectivity index (χ1n) is 11.4. The molecule has 176 valence electrons. The first-order chi connectivity index (χ1) is 16.8. The summed E-state index contributed by atoms with van der Waals surface area (Å²) in [5.74, 6) is 0.534. The van der Waals surface area contributed by atoms with Gasteiger partial charge in [-0.3, -0.25) is 0 Å². The van der Waals surface area contributed by atoms with Crippen LogP contribution in [0.5, 0.6) is 0 Å². The summed E-state index contributed by atoms with van der Waals surface area (Å²) in [5.41, 5.74) is 6.55. The minimum atomic E-state index is -0.937. The van der Waals surface area contributed by atoms with Crippen LogP contribution in [-0.4, -0.2) is 49.6 Å². The van der Waals surface area contributed by atoms with E-state index in [9.17, 15) is 4.79 Å². The van der Waals surface area contributed by atoms with Crippen molar-refractivity contribution in [1.29, 1.82) is 0 Å². The maximum absolute atomic E-state index is 11.1. The Morgan fingerprint density at radius 3 is 2.11 bits per heavy atom. The van der Waals surface area contributed by atoms with Crippen molar-refractivity contribution in [2.75, 3.05) is 33.1 Å². The third kappa shape index (κ3) is 5.76. The lowest BCUT2D eigenvalue weighted by Crippen LogP contribution is -2.10. The van der Waals surface area contributed by atoms with E-state index >= 15 is 0 Å². The molecule has 0 saturated heterocycles. The molecule has 1 aliphatic carbocycles. The van der Waals surface area contributed by atoms with Gasteiger partial charge in [-0.25, -0.2) is 9.37 Å². The number of benzene rings is 2. The largest absolute Gasteiger partial charge is 0.478 e. The summed E-state index contributed by atoms with van der Waals surface area (Å²) >= 11 is 0. The third-order valence-electron chi connectivity index (χ3n) is 5.80. The molecule has 5 nitrogen and oxygen atoms in total. The van der Waals surface area contributed by atoms with Crippen molar-refractivity contribution < 1.29 is 19.2 Å². The molecule has 0 amide bonds. The van der Waals surface area contributed by atoms with E-state index in [1.54, 1.807) is 24.3 Å². The number of hydrogen-bond donors (Lipinski definition) is 1. The van der Waals surface area contributed by atoms with E-state index in [-0.39, 0.29) is 5.56 Å². The fraction of sp³-hybridized carbons (Fsp3) is 0.133. The number of ether oxygens (including phenoxy) is 1. The van der Waals surface area contributed by atoms with Crippen LogP contribution in [-0.2, 0) is 4.74 Å². The SMILES string of the molecule is CN(C)c1ccc(C2=CC(=C3C=CC(=[N+](C)C)C=C3)OC(C=Cc3ccc(C(=O)O)cc3)=C2)cc1. The summed E-state index contributed by atoms with van der Waals surface area (Å²) in [6.07, 6.45) is 16.2. The van der Waals surface area contributed by atoms with Crippen molar-refractivity contribution in [2.45, 2.75) is 0 Å². The number of allylic oxidation sites excluding steroid dienone is 9. The Morgan fingerprint density at radius 2 is 1.54 bits per heavy atom. The summed E-state index contributed by atoms with van der Waals surface area (Å²) < 4.78 is 8.33. The molecule has 1 N–H and O–H groups in total. The molecule has 2 aliphatic rings. The van der Waals surface area contributed by atoms with Crippen molar-refractivity contribution in [1.82, 2.24) is 0 Å². The van der Waals surface area contributed by atoms with Gasteiger partial charge in [-0.1, -0.05) is 30.3 Å². The van der Waals surface area contributed by atoms with Crippen LogP contribution in [0.25, 0.3) is 11.6 Å². The highest BCUT2D eigenvalue weighted by molar-refractivity contribution is 6.02. The van der Waals surface area contributed by atoms with E-state index in [1.807, 2.05) is 46.4 Å². The lowest BCUT2D eigenvalue weighted by atomic mass is 9.99. The topological polar surface area (TPSA) is 52.8 Å². The molecule has 1 heterocycles. The summed E-state index contributed by atoms with van der Waals surface area (Å²) in [4.78, 5) is 13.2. The van der Waals surface area contributed by atoms with E-state index in [4.69, 9.17) is 9.84 Å². The molecule has 0 atom stereocenters. The first kappa shape index (κ1) is 23.8. The van der Waals surface area contributed by atoms with Crippen LogP contribution in [0, 0.1) is 0 Å². The molecule has 0 spiro atoms. The Morgan fingerprint density at radius 1 is 0.886 bits per heavy atom. The van der Waals surface area contributed by atoms with Crippen LogP contribution in [0.4, 0.5) is 5.69 Å². The molecular weight excluding hydrogens is 436 g/mol. The minimum absolute atomic E-state index is 0.262. The Hall–Kier alpha value is -4.38. The highest BCUT2D eigenvalue weighted by Crippen LogP contribution is 2.31. The number of anilines is 1. The summed E-state index contributed by atoms with van der Waals surface area (Å²) in [6, 6.07) is 15.2. The molecule has 2 aromatic rings. The molecule has 0 saturated carbocycles. The van der Waals surface area contributed by atoms with Gasteiger partial charge in [0.05, 0.1) is 5.56 Å². The van der Waals surface area contributed by atoms with Gasteiger partial charge in [0.15, 0.2) is 5.71 Å². The van der Waals surface area contributed by atoms with Gasteiger partial charge < -0.3 is 14.7 Å². The molecule has 0 aromatic heterocycles. The van der Waals surface area contributed by atoms with Gasteiger partial charge in [0.1, 0.15) is 25.6 Å². The van der Waals surface area contributed by atoms with Gasteiger partial charge in [-0.05, 0) is 71.3 Å². The predicted molar refractivity (Wildman–Crippen MR) is 143 cm³/mol. The number of hydrogen-bond acceptors (Lipinski definition) is 3. The minimum Gasteiger partial charge on any atom is -0.478 e. The number of aromatic carboxylic acids is 1. The zero-order chi connectivity index (χ0) is 24.9. The normalized spacial score (nSPS) is 15.1. The lowest BCUT2D eigenvalue weighted by Gasteiger charge is -2.19. The van der Waals surface area contributed by atoms with Crippen LogP contribution in [0.2, 0.25) is 0 Å². The Kier molecular flexibility index (Phi) is 6.97. The van der Waals surface area contributed by atoms with Gasteiger partial charge in [-0.2, -0.15) is 0 Å². The van der Waals surface area contributed by atoms with Crippen LogP contribution < -0.4 is 4.90 Å². The van der Waals surface area contributed by atoms with E-state index in [0.717, 1.165) is 39.4 Å². The van der Waals surface area contributed by atoms with Crippen molar-refractivity contribution in [2.24, 2.45) is 0 Å². The van der Waals surface area contributed by atoms with Crippen LogP contribution in [0.15, 0.2) is 108 Å². The lowest BCUT2D eigenvalue weighted by molar-refractivity contribution is -0.462. The molecule has 5 heteroatoms. The smallest absolute Gasteiger partial charge is 0.335 e. The van der Waals surface area contributed by atoms with Crippen molar-refractivity contribution in [3.8, 4) is 0 Å². The number of nitrogens with zero attached hydrogens (tertiary/aromatic N) is 2. The zero-order valence-corrected chi connectivity index (χ0v) is 20.4. The monoisotopic (exact) mass is 465 g/mol. The average molecular weight is 466 g/mol. The van der Waals surface area contributed by atoms with Crippen molar-refractivity contribution in [3.63, 3.8) is 0 Å². The zero-order valence-electron chi connectivity index (χ0n) is 20.4. The molecule has 0 bridgehead atoms. The highest BCUT2D eigenvalue weighted by atomic mass is 16.5. The number of carboxylic acids is 1. The summed E-state index contributed by atoms with van der Waals surface area (Å²) in [7, 11) is 8.09. The predicted octanol–water partition coefficient (Wildman–Crippen LogP) is 5.55. The maximum atomic E-state index is 11.1. The fourth-order valence-corrected chi connectivity index (χ4v) is 3.70. The third-order valence-corrected chi connectivity index (χ3v) is 5.80. The number of carboxylic acid groups (broad SMARTS) is 1. The van der Waals surface area contributed by atoms with Gasteiger partial charge >= 0.3 is 5.97 Å². The molecule has 2 aromatic carbocycles. The molecule has 0 unspecified atom stereocenters. The van der Waals surface area contributed by atoms with Crippen LogP contribution in [0.3, 0.4) is 0 Å². The molecule has 0 radical (unpaired) electrons. The molecular formula is C30H29N2O3+. The highest BCUT2D eigenvalue weighted by Gasteiger charge is 2.16. The van der Waals surface area contributed by atoms with Gasteiger partial charge in [0.25, 0.3) is 0 Å². The second kappa shape index (κ2) is 10.3. The van der Waals surface area contributed by atoms with Crippen LogP contribution in [0.1, 0.15) is 21.5 Å². The van der Waals surface area contributed by atoms with E-state index < -0.39 is 5.97 Å². The standard InChI is InChI=1S/C30H28N2O3/c1-31(2)26-14-10-22(11-15-26)25-19-28(18-7-21-5-8-24(9-6-21)30(33)34)35-29(20-25)23-12-16-27(17-13-23)32(3)4/h5-20H,1-4H3/p+1. The van der Waals surface area contributed by atoms with Crippen molar-refractivity contribution in [3.05, 3.63) is 125 Å². The van der Waals surface area contributed by atoms with Crippen LogP contribution >= 0.6 is 0 Å². The molecule has 4 rings (SSSR count). The average Bonchev–Trinajstić information content (AvgIpc) is 2.87. The van der Waals surface area contributed by atoms with Crippen molar-refractivity contribution >= 4 is 29.0 Å². The molecule has 35 heavy (non-hydrogen) atoms. The van der Waals surface area contributed by atoms with Gasteiger partial charge in [0, 0.05) is 37.5 Å². The quantitative estimate of drug-likeness (QED) is 0.588. The molecule has 0 fully saturated rings. The van der Waals surface area contributed by atoms with Gasteiger partial charge in [-0.15, -0.1) is 0 Å². The maximum Gasteiger partial charge on any atom is 0.335 e. The Labute approximate surface area is 206 Å². The van der Waals surface area contributed by atoms with E-state index in [2.05, 4.69) is 64.1 Å². The Bertz CT molecular complexity index is 1330. The fourth-order valence-electron chi connectivity index (χ4n) is 3.70. The Balaban J connectivity index is 1.69.